The molecule has 2 aliphatic rings. The zero-order valence-electron chi connectivity index (χ0n) is 28.6. The highest BCUT2D eigenvalue weighted by Gasteiger charge is 2.26. The molecule has 3 aromatic rings. The molecule has 0 aliphatic carbocycles. The van der Waals surface area contributed by atoms with Gasteiger partial charge in [-0.3, -0.25) is 19.2 Å². The number of amides is 4. The Hall–Kier alpha value is -4.30. The first kappa shape index (κ1) is 38.5. The molecule has 0 atom stereocenters. The topological polar surface area (TPSA) is 134 Å². The van der Waals surface area contributed by atoms with E-state index >= 15 is 0 Å². The van der Waals surface area contributed by atoms with E-state index in [4.69, 9.17) is 16.3 Å². The predicted octanol–water partition coefficient (Wildman–Crippen LogP) is 5.71. The summed E-state index contributed by atoms with van der Waals surface area (Å²) in [6.07, 6.45) is 6.66. The fourth-order valence-corrected chi connectivity index (χ4v) is 6.81. The third-order valence-corrected chi connectivity index (χ3v) is 9.87. The number of rotatable bonds is 7. The Labute approximate surface area is 299 Å². The molecule has 50 heavy (non-hydrogen) atoms. The second-order valence-electron chi connectivity index (χ2n) is 12.2. The van der Waals surface area contributed by atoms with Crippen molar-refractivity contribution in [3.05, 3.63) is 75.7 Å². The second kappa shape index (κ2) is 17.6. The lowest BCUT2D eigenvalue weighted by atomic mass is 10.0. The Morgan fingerprint density at radius 1 is 0.780 bits per heavy atom. The molecule has 2 saturated heterocycles. The van der Waals surface area contributed by atoms with Crippen LogP contribution in [0.3, 0.4) is 0 Å². The van der Waals surface area contributed by atoms with Crippen LogP contribution in [-0.4, -0.2) is 87.9 Å². The van der Waals surface area contributed by atoms with Crippen molar-refractivity contribution in [2.45, 2.75) is 70.4 Å². The molecule has 2 N–H and O–H groups in total. The van der Waals surface area contributed by atoms with Gasteiger partial charge in [0.05, 0.1) is 18.0 Å². The molecule has 4 heterocycles. The predicted molar refractivity (Wildman–Crippen MR) is 187 cm³/mol. The number of carbonyl (C=O) groups excluding carboxylic acids is 4. The van der Waals surface area contributed by atoms with Gasteiger partial charge in [-0.2, -0.15) is 0 Å². The van der Waals surface area contributed by atoms with Gasteiger partial charge in [0.1, 0.15) is 28.1 Å². The summed E-state index contributed by atoms with van der Waals surface area (Å²) in [5.41, 5.74) is 2.19. The largest absolute Gasteiger partial charge is 0.438 e. The molecular formula is C35H41ClF2N6O5S. The Bertz CT molecular complexity index is 1710. The molecule has 4 amide bonds. The Balaban J connectivity index is 0.000000244. The number of piperidine rings is 2. The first-order valence-corrected chi connectivity index (χ1v) is 17.8. The molecular weight excluding hydrogens is 690 g/mol. The van der Waals surface area contributed by atoms with Gasteiger partial charge in [0, 0.05) is 57.0 Å². The number of likely N-dealkylation sites (tertiary alicyclic amines) is 2. The number of thioether (sulfide) groups is 1. The number of pyridine rings is 2. The zero-order chi connectivity index (χ0) is 36.5. The molecule has 0 saturated carbocycles. The number of halogens is 3. The number of aromatic nitrogens is 2. The van der Waals surface area contributed by atoms with Gasteiger partial charge in [0.2, 0.25) is 17.7 Å². The fraction of sp³-hybridized carbons (Fsp3) is 0.429. The molecule has 2 aromatic heterocycles. The van der Waals surface area contributed by atoms with Crippen LogP contribution in [0.4, 0.5) is 8.78 Å². The lowest BCUT2D eigenvalue weighted by molar-refractivity contribution is -0.130. The van der Waals surface area contributed by atoms with Crippen molar-refractivity contribution in [2.75, 3.05) is 32.4 Å². The van der Waals surface area contributed by atoms with Gasteiger partial charge in [-0.15, -0.1) is 11.8 Å². The lowest BCUT2D eigenvalue weighted by Gasteiger charge is -2.31. The first-order valence-electron chi connectivity index (χ1n) is 16.2. The number of benzene rings is 1. The van der Waals surface area contributed by atoms with Gasteiger partial charge in [0.15, 0.2) is 0 Å². The summed E-state index contributed by atoms with van der Waals surface area (Å²) in [6, 6.07) is 5.83. The average Bonchev–Trinajstić information content (AvgIpc) is 3.07. The van der Waals surface area contributed by atoms with Gasteiger partial charge in [-0.05, 0) is 81.2 Å². The average molecular weight is 731 g/mol. The summed E-state index contributed by atoms with van der Waals surface area (Å²) in [5, 5.41) is 5.69. The first-order chi connectivity index (χ1) is 23.7. The van der Waals surface area contributed by atoms with Crippen LogP contribution in [0.5, 0.6) is 11.6 Å². The van der Waals surface area contributed by atoms with E-state index in [1.165, 1.54) is 18.7 Å². The number of aryl methyl sites for hydroxylation is 2. The van der Waals surface area contributed by atoms with Crippen LogP contribution in [0.2, 0.25) is 5.15 Å². The van der Waals surface area contributed by atoms with E-state index in [0.29, 0.717) is 57.6 Å². The van der Waals surface area contributed by atoms with E-state index in [-0.39, 0.29) is 46.1 Å². The summed E-state index contributed by atoms with van der Waals surface area (Å²) in [5.74, 6) is -1.42. The second-order valence-corrected chi connectivity index (χ2v) is 13.4. The fourth-order valence-electron chi connectivity index (χ4n) is 5.86. The van der Waals surface area contributed by atoms with Crippen LogP contribution >= 0.6 is 23.4 Å². The van der Waals surface area contributed by atoms with Crippen molar-refractivity contribution >= 4 is 47.0 Å². The molecule has 5 rings (SSSR count). The highest BCUT2D eigenvalue weighted by atomic mass is 35.5. The Morgan fingerprint density at radius 3 is 1.68 bits per heavy atom. The zero-order valence-corrected chi connectivity index (χ0v) is 30.2. The quantitative estimate of drug-likeness (QED) is 0.234. The van der Waals surface area contributed by atoms with Crippen molar-refractivity contribution in [3.63, 3.8) is 0 Å². The van der Waals surface area contributed by atoms with Gasteiger partial charge in [-0.1, -0.05) is 11.6 Å². The Kier molecular flexibility index (Phi) is 13.5. The van der Waals surface area contributed by atoms with E-state index in [2.05, 4.69) is 20.6 Å². The van der Waals surface area contributed by atoms with Crippen molar-refractivity contribution in [3.8, 4) is 11.6 Å². The lowest BCUT2D eigenvalue weighted by Crippen LogP contribution is -2.46. The number of hydrogen-bond acceptors (Lipinski definition) is 8. The summed E-state index contributed by atoms with van der Waals surface area (Å²) in [7, 11) is 0. The SMILES string of the molecule is CC(=O)N1CCC(NC(=O)c2cc(F)cnc2Cl)CC1.CSc1c(C)cc(Oc2ncc(F)cc2C(=O)NC2CCN(C(C)=O)CC2)cc1C. The molecule has 268 valence electrons. The number of nitrogens with one attached hydrogen (secondary N) is 2. The number of hydrogen-bond donors (Lipinski definition) is 2. The summed E-state index contributed by atoms with van der Waals surface area (Å²) < 4.78 is 32.8. The maximum Gasteiger partial charge on any atom is 0.257 e. The van der Waals surface area contributed by atoms with Crippen LogP contribution in [-0.2, 0) is 9.59 Å². The van der Waals surface area contributed by atoms with Crippen molar-refractivity contribution < 1.29 is 32.7 Å². The third kappa shape index (κ3) is 10.4. The maximum atomic E-state index is 13.8. The van der Waals surface area contributed by atoms with E-state index in [1.54, 1.807) is 21.6 Å². The summed E-state index contributed by atoms with van der Waals surface area (Å²) in [6.45, 7) is 9.43. The van der Waals surface area contributed by atoms with Crippen LogP contribution in [0, 0.1) is 25.5 Å². The van der Waals surface area contributed by atoms with Crippen LogP contribution in [0.25, 0.3) is 0 Å². The minimum absolute atomic E-state index is 0.0231. The molecule has 0 radical (unpaired) electrons. The Morgan fingerprint density at radius 2 is 1.22 bits per heavy atom. The number of carbonyl (C=O) groups is 4. The minimum Gasteiger partial charge on any atom is -0.438 e. The van der Waals surface area contributed by atoms with Crippen LogP contribution in [0.15, 0.2) is 41.6 Å². The van der Waals surface area contributed by atoms with Gasteiger partial charge in [0.25, 0.3) is 11.8 Å². The normalized spacial score (nSPS) is 15.1. The van der Waals surface area contributed by atoms with E-state index in [9.17, 15) is 28.0 Å². The molecule has 0 unspecified atom stereocenters. The molecule has 0 bridgehead atoms. The van der Waals surface area contributed by atoms with Gasteiger partial charge in [-0.25, -0.2) is 18.7 Å². The summed E-state index contributed by atoms with van der Waals surface area (Å²) >= 11 is 7.44. The third-order valence-electron chi connectivity index (χ3n) is 8.52. The van der Waals surface area contributed by atoms with E-state index in [0.717, 1.165) is 35.7 Å². The van der Waals surface area contributed by atoms with Crippen molar-refractivity contribution in [2.24, 2.45) is 0 Å². The molecule has 15 heteroatoms. The smallest absolute Gasteiger partial charge is 0.257 e. The highest BCUT2D eigenvalue weighted by molar-refractivity contribution is 7.98. The standard InChI is InChI=1S/C22H26FN3O3S.C13H15ClFN3O2/c1-13-9-18(10-14(2)20(13)30-4)29-22-19(11-16(23)12-24-22)21(28)25-17-5-7-26(8-6-17)15(3)27;1-8(19)18-4-2-10(3-5-18)17-13(20)11-6-9(15)7-16-12(11)14/h9-12,17H,5-8H2,1-4H3,(H,25,28);6-7,10H,2-5H2,1H3,(H,17,20). The van der Waals surface area contributed by atoms with Gasteiger partial charge < -0.3 is 25.2 Å². The van der Waals surface area contributed by atoms with Crippen LogP contribution < -0.4 is 15.4 Å². The number of ether oxygens (including phenoxy) is 1. The van der Waals surface area contributed by atoms with Crippen molar-refractivity contribution in [1.82, 2.24) is 30.4 Å². The molecule has 0 spiro atoms. The van der Waals surface area contributed by atoms with Crippen molar-refractivity contribution in [1.29, 1.82) is 0 Å². The molecule has 1 aromatic carbocycles. The highest BCUT2D eigenvalue weighted by Crippen LogP contribution is 2.32. The van der Waals surface area contributed by atoms with E-state index < -0.39 is 23.4 Å². The minimum atomic E-state index is -0.607. The number of nitrogens with zero attached hydrogens (tertiary/aromatic N) is 4. The molecule has 2 fully saturated rings. The van der Waals surface area contributed by atoms with Gasteiger partial charge >= 0.3 is 0 Å². The van der Waals surface area contributed by atoms with Crippen LogP contribution in [0.1, 0.15) is 71.4 Å². The monoisotopic (exact) mass is 730 g/mol. The molecule has 2 aliphatic heterocycles. The maximum absolute atomic E-state index is 13.8. The molecule has 11 nitrogen and oxygen atoms in total. The summed E-state index contributed by atoms with van der Waals surface area (Å²) in [4.78, 5) is 59.8. The van der Waals surface area contributed by atoms with E-state index in [1.807, 2.05) is 32.2 Å².